The van der Waals surface area contributed by atoms with Crippen LogP contribution in [0.1, 0.15) is 37.7 Å². The van der Waals surface area contributed by atoms with Crippen LogP contribution < -0.4 is 16.0 Å². The van der Waals surface area contributed by atoms with Gasteiger partial charge in [-0.3, -0.25) is 19.3 Å². The van der Waals surface area contributed by atoms with Gasteiger partial charge in [0.1, 0.15) is 12.4 Å². The van der Waals surface area contributed by atoms with Crippen LogP contribution in [0.15, 0.2) is 82.8 Å². The van der Waals surface area contributed by atoms with Gasteiger partial charge in [0.05, 0.1) is 17.9 Å². The highest BCUT2D eigenvalue weighted by Crippen LogP contribution is 2.29. The first-order chi connectivity index (χ1) is 22.6. The molecule has 1 saturated carbocycles. The Bertz CT molecular complexity index is 1700. The van der Waals surface area contributed by atoms with Gasteiger partial charge in [0, 0.05) is 32.7 Å². The van der Waals surface area contributed by atoms with Crippen LogP contribution in [-0.2, 0) is 31.1 Å². The molecule has 0 radical (unpaired) electrons. The average molecular weight is 664 g/mol. The van der Waals surface area contributed by atoms with E-state index in [2.05, 4.69) is 15.3 Å². The number of benzene rings is 3. The van der Waals surface area contributed by atoms with Gasteiger partial charge in [0.25, 0.3) is 0 Å². The zero-order valence-electron chi connectivity index (χ0n) is 26.3. The lowest BCUT2D eigenvalue weighted by atomic mass is 9.97. The molecule has 1 saturated heterocycles. The van der Waals surface area contributed by atoms with Gasteiger partial charge in [0.2, 0.25) is 21.8 Å². The second-order valence-corrected chi connectivity index (χ2v) is 13.8. The first kappa shape index (κ1) is 33.8. The van der Waals surface area contributed by atoms with Gasteiger partial charge in [0.15, 0.2) is 0 Å². The Morgan fingerprint density at radius 3 is 2.49 bits per heavy atom. The summed E-state index contributed by atoms with van der Waals surface area (Å²) in [6.45, 7) is 1.94. The lowest BCUT2D eigenvalue weighted by Crippen LogP contribution is -2.55. The maximum atomic E-state index is 14.1. The average Bonchev–Trinajstić information content (AvgIpc) is 3.90. The third kappa shape index (κ3) is 9.05. The molecule has 2 atom stereocenters. The monoisotopic (exact) mass is 663 g/mol. The second kappa shape index (κ2) is 15.4. The van der Waals surface area contributed by atoms with Gasteiger partial charge in [-0.2, -0.15) is 9.82 Å². The van der Waals surface area contributed by atoms with E-state index in [-0.39, 0.29) is 17.4 Å². The third-order valence-corrected chi connectivity index (χ3v) is 9.82. The molecule has 0 bridgehead atoms. The summed E-state index contributed by atoms with van der Waals surface area (Å²) >= 11 is 0. The number of carbonyl (C=O) groups is 3. The van der Waals surface area contributed by atoms with Crippen LogP contribution in [0.25, 0.3) is 10.8 Å². The molecular formula is C33H41N7O6S. The minimum Gasteiger partial charge on any atom is -0.361 e. The fourth-order valence-corrected chi connectivity index (χ4v) is 7.01. The van der Waals surface area contributed by atoms with Crippen LogP contribution in [0.5, 0.6) is 0 Å². The summed E-state index contributed by atoms with van der Waals surface area (Å²) < 4.78 is 29.9. The molecule has 5 rings (SSSR count). The normalized spacial score (nSPS) is 17.4. The second-order valence-electron chi connectivity index (χ2n) is 12.0. The van der Waals surface area contributed by atoms with Gasteiger partial charge in [-0.1, -0.05) is 60.7 Å². The molecule has 4 N–H and O–H groups in total. The Balaban J connectivity index is 1.34. The molecule has 3 aromatic carbocycles. The van der Waals surface area contributed by atoms with Crippen LogP contribution >= 0.6 is 0 Å². The largest absolute Gasteiger partial charge is 0.361 e. The van der Waals surface area contributed by atoms with E-state index in [4.69, 9.17) is 10.7 Å². The Labute approximate surface area is 274 Å². The predicted molar refractivity (Wildman–Crippen MR) is 177 cm³/mol. The number of hydrogen-bond donors (Lipinski definition) is 3. The van der Waals surface area contributed by atoms with Crippen molar-refractivity contribution < 1.29 is 27.6 Å². The maximum absolute atomic E-state index is 14.1. The number of carbonyl (C=O) groups excluding carboxylic acids is 3. The molecule has 1 heterocycles. The van der Waals surface area contributed by atoms with E-state index in [1.807, 2.05) is 47.4 Å². The van der Waals surface area contributed by atoms with Crippen molar-refractivity contribution in [1.29, 1.82) is 0 Å². The Morgan fingerprint density at radius 2 is 1.77 bits per heavy atom. The van der Waals surface area contributed by atoms with Crippen LogP contribution in [0.2, 0.25) is 0 Å². The summed E-state index contributed by atoms with van der Waals surface area (Å²) in [5.74, 6) is 4.18. The highest BCUT2D eigenvalue weighted by molar-refractivity contribution is 7.89. The van der Waals surface area contributed by atoms with E-state index >= 15 is 0 Å². The number of hydrogen-bond acceptors (Lipinski definition) is 8. The number of hydrazone groups is 1. The molecule has 13 nitrogen and oxygen atoms in total. The topological polar surface area (TPSA) is 167 Å². The van der Waals surface area contributed by atoms with E-state index < -0.39 is 46.4 Å². The van der Waals surface area contributed by atoms with Crippen molar-refractivity contribution in [2.24, 2.45) is 16.9 Å². The summed E-state index contributed by atoms with van der Waals surface area (Å²) in [7, 11) is -2.66. The minimum absolute atomic E-state index is 0.0627. The lowest BCUT2D eigenvalue weighted by molar-refractivity contribution is -0.137. The number of likely N-dealkylation sites (tertiary alicyclic amines) is 1. The minimum atomic E-state index is -4.29. The van der Waals surface area contributed by atoms with Crippen molar-refractivity contribution in [3.63, 3.8) is 0 Å². The van der Waals surface area contributed by atoms with Crippen LogP contribution in [-0.4, -0.2) is 86.1 Å². The number of nitrogens with zero attached hydrogens (tertiary/aromatic N) is 4. The number of imide groups is 1. The smallest absolute Gasteiger partial charge is 0.348 e. The molecule has 3 aromatic rings. The number of rotatable bonds is 13. The van der Waals surface area contributed by atoms with Gasteiger partial charge in [-0.25, -0.2) is 18.7 Å². The van der Waals surface area contributed by atoms with Crippen LogP contribution in [0, 0.1) is 5.92 Å². The van der Waals surface area contributed by atoms with Crippen molar-refractivity contribution in [3.8, 4) is 0 Å². The number of nitrogens with one attached hydrogen (secondary N) is 2. The molecule has 250 valence electrons. The van der Waals surface area contributed by atoms with Crippen molar-refractivity contribution in [2.45, 2.75) is 55.7 Å². The summed E-state index contributed by atoms with van der Waals surface area (Å²) in [6.07, 6.45) is 4.00. The Hall–Kier alpha value is -4.53. The summed E-state index contributed by atoms with van der Waals surface area (Å²) in [4.78, 5) is 50.7. The third-order valence-electron chi connectivity index (χ3n) is 8.35. The van der Waals surface area contributed by atoms with Gasteiger partial charge in [-0.05, 0) is 60.1 Å². The number of fused-ring (bicyclic) bond motifs is 1. The van der Waals surface area contributed by atoms with E-state index in [1.165, 1.54) is 17.0 Å². The number of nitrogens with two attached hydrogens (primary N) is 1. The quantitative estimate of drug-likeness (QED) is 0.109. The summed E-state index contributed by atoms with van der Waals surface area (Å²) in [5.41, 5.74) is 3.13. The predicted octanol–water partition coefficient (Wildman–Crippen LogP) is 2.78. The standard InChI is InChI=1S/C33H41N7O6S/c1-38(20-25-10-7-17-39(21-25)23-35-34)31(41)19-30(37-47(44,45)29-16-13-26-11-5-6-12-27(26)18-29)32(42)40(28-14-15-28)33(43)36-46-22-24-8-3-2-4-9-24/h2-6,8-9,11-13,16,18,23,25,28,30,37H,7,10,14-15,17,19-22,34H2,1H3,(H,36,43)/t25-,30+/m1/s1. The van der Waals surface area contributed by atoms with Crippen molar-refractivity contribution in [1.82, 2.24) is 24.9 Å². The fraction of sp³-hybridized carbons (Fsp3) is 0.394. The van der Waals surface area contributed by atoms with Crippen molar-refractivity contribution >= 4 is 45.0 Å². The molecule has 1 aliphatic heterocycles. The highest BCUT2D eigenvalue weighted by atomic mass is 32.2. The van der Waals surface area contributed by atoms with E-state index in [0.29, 0.717) is 31.3 Å². The van der Waals surface area contributed by atoms with E-state index in [1.54, 1.807) is 31.6 Å². The molecule has 1 aliphatic carbocycles. The SMILES string of the molecule is CN(C[C@H]1CCCN(C=NN)C1)C(=O)C[C@H](NS(=O)(=O)c1ccc2ccccc2c1)C(=O)N(C(=O)NOCc1ccccc1)C1CC1. The Kier molecular flexibility index (Phi) is 11.1. The lowest BCUT2D eigenvalue weighted by Gasteiger charge is -2.34. The molecule has 2 aliphatic rings. The van der Waals surface area contributed by atoms with Gasteiger partial charge in [-0.15, -0.1) is 0 Å². The fourth-order valence-electron chi connectivity index (χ4n) is 5.79. The molecular weight excluding hydrogens is 622 g/mol. The number of urea groups is 1. The first-order valence-electron chi connectivity index (χ1n) is 15.7. The molecule has 47 heavy (non-hydrogen) atoms. The Morgan fingerprint density at radius 1 is 1.04 bits per heavy atom. The van der Waals surface area contributed by atoms with Crippen molar-refractivity contribution in [2.75, 3.05) is 26.7 Å². The zero-order chi connectivity index (χ0) is 33.4. The summed E-state index contributed by atoms with van der Waals surface area (Å²) in [6, 6.07) is 18.3. The first-order valence-corrected chi connectivity index (χ1v) is 17.1. The van der Waals surface area contributed by atoms with E-state index in [0.717, 1.165) is 35.2 Å². The van der Waals surface area contributed by atoms with Crippen molar-refractivity contribution in [3.05, 3.63) is 78.4 Å². The molecule has 4 amide bonds. The van der Waals surface area contributed by atoms with Crippen LogP contribution in [0.4, 0.5) is 4.79 Å². The summed E-state index contributed by atoms with van der Waals surface area (Å²) in [5, 5.41) is 5.15. The molecule has 14 heteroatoms. The van der Waals surface area contributed by atoms with E-state index in [9.17, 15) is 22.8 Å². The molecule has 0 spiro atoms. The number of amides is 4. The number of sulfonamides is 1. The number of piperidine rings is 1. The maximum Gasteiger partial charge on any atom is 0.348 e. The van der Waals surface area contributed by atoms with Gasteiger partial charge >= 0.3 is 6.03 Å². The van der Waals surface area contributed by atoms with Gasteiger partial charge < -0.3 is 15.6 Å². The number of hydroxylamine groups is 1. The molecule has 2 fully saturated rings. The zero-order valence-corrected chi connectivity index (χ0v) is 27.1. The molecule has 0 unspecified atom stereocenters. The van der Waals surface area contributed by atoms with Crippen LogP contribution in [0.3, 0.4) is 0 Å². The molecule has 0 aromatic heterocycles. The highest BCUT2D eigenvalue weighted by Gasteiger charge is 2.42.